The van der Waals surface area contributed by atoms with Crippen molar-refractivity contribution >= 4 is 57.6 Å². The summed E-state index contributed by atoms with van der Waals surface area (Å²) >= 11 is 6.71. The molecular weight excluding hydrogens is 440 g/mol. The summed E-state index contributed by atoms with van der Waals surface area (Å²) < 4.78 is 6.23. The molecule has 3 aromatic carbocycles. The molecule has 7 heteroatoms. The third-order valence-corrected chi connectivity index (χ3v) is 5.98. The molecule has 32 heavy (non-hydrogen) atoms. The number of nitrogens with zero attached hydrogens (tertiary/aromatic N) is 1. The van der Waals surface area contributed by atoms with Crippen molar-refractivity contribution in [3.05, 3.63) is 94.9 Å². The second-order valence-corrected chi connectivity index (χ2v) is 8.77. The van der Waals surface area contributed by atoms with Crippen LogP contribution in [-0.4, -0.2) is 22.7 Å². The van der Waals surface area contributed by atoms with Gasteiger partial charge in [0.1, 0.15) is 5.75 Å². The van der Waals surface area contributed by atoms with Crippen LogP contribution in [0.1, 0.15) is 11.1 Å². The van der Waals surface area contributed by atoms with Gasteiger partial charge in [0.25, 0.3) is 11.8 Å². The predicted molar refractivity (Wildman–Crippen MR) is 134 cm³/mol. The van der Waals surface area contributed by atoms with Crippen LogP contribution < -0.4 is 15.0 Å². The molecule has 1 aliphatic heterocycles. The molecule has 3 aromatic rings. The van der Waals surface area contributed by atoms with Crippen LogP contribution in [-0.2, 0) is 9.59 Å². The lowest BCUT2D eigenvalue weighted by Crippen LogP contribution is -2.27. The second kappa shape index (κ2) is 9.80. The fourth-order valence-corrected chi connectivity index (χ4v) is 4.48. The van der Waals surface area contributed by atoms with Crippen molar-refractivity contribution in [2.24, 2.45) is 0 Å². The van der Waals surface area contributed by atoms with Crippen molar-refractivity contribution in [1.82, 2.24) is 0 Å². The topological polar surface area (TPSA) is 58.6 Å². The molecule has 0 bridgehead atoms. The Kier molecular flexibility index (Phi) is 6.68. The first-order valence-corrected chi connectivity index (χ1v) is 11.1. The van der Waals surface area contributed by atoms with Gasteiger partial charge in [-0.1, -0.05) is 72.5 Å². The van der Waals surface area contributed by atoms with Crippen LogP contribution in [0.15, 0.2) is 83.8 Å². The third-order valence-electron chi connectivity index (χ3n) is 4.68. The number of amides is 2. The first-order valence-electron chi connectivity index (χ1n) is 9.92. The van der Waals surface area contributed by atoms with E-state index in [4.69, 9.17) is 17.0 Å². The molecule has 160 valence electrons. The molecule has 1 aliphatic rings. The number of rotatable bonds is 6. The van der Waals surface area contributed by atoms with Crippen LogP contribution in [0.3, 0.4) is 0 Å². The SMILES string of the molecule is Cc1cccc(N2C(=O)/C(=C/c3ccccc3OCC(=O)Nc3ccccc3)SC2=S)c1. The maximum Gasteiger partial charge on any atom is 0.270 e. The number of hydrogen-bond acceptors (Lipinski definition) is 5. The van der Waals surface area contributed by atoms with Gasteiger partial charge >= 0.3 is 0 Å². The number of hydrogen-bond donors (Lipinski definition) is 1. The van der Waals surface area contributed by atoms with Crippen LogP contribution in [0.25, 0.3) is 6.08 Å². The molecule has 1 saturated heterocycles. The number of carbonyl (C=O) groups is 2. The highest BCUT2D eigenvalue weighted by Gasteiger charge is 2.33. The standard InChI is InChI=1S/C25H20N2O3S2/c1-17-8-7-12-20(14-17)27-24(29)22(32-25(27)31)15-18-9-5-6-13-21(18)30-16-23(28)26-19-10-3-2-4-11-19/h2-15H,16H2,1H3,(H,26,28)/b22-15-. The number of thioether (sulfide) groups is 1. The van der Waals surface area contributed by atoms with Gasteiger partial charge in [-0.15, -0.1) is 0 Å². The highest BCUT2D eigenvalue weighted by atomic mass is 32.2. The Morgan fingerprint density at radius 3 is 2.59 bits per heavy atom. The van der Waals surface area contributed by atoms with Gasteiger partial charge < -0.3 is 10.1 Å². The fraction of sp³-hybridized carbons (Fsp3) is 0.0800. The monoisotopic (exact) mass is 460 g/mol. The van der Waals surface area contributed by atoms with Crippen LogP contribution in [0.2, 0.25) is 0 Å². The highest BCUT2D eigenvalue weighted by molar-refractivity contribution is 8.27. The number of carbonyl (C=O) groups excluding carboxylic acids is 2. The summed E-state index contributed by atoms with van der Waals surface area (Å²) in [6.45, 7) is 1.82. The summed E-state index contributed by atoms with van der Waals surface area (Å²) in [6, 6.07) is 24.1. The third kappa shape index (κ3) is 5.07. The number of aryl methyl sites for hydroxylation is 1. The maximum atomic E-state index is 13.1. The summed E-state index contributed by atoms with van der Waals surface area (Å²) in [5.74, 6) is 0.0653. The Morgan fingerprint density at radius 2 is 1.81 bits per heavy atom. The van der Waals surface area contributed by atoms with Crippen molar-refractivity contribution < 1.29 is 14.3 Å². The van der Waals surface area contributed by atoms with Gasteiger partial charge in [-0.3, -0.25) is 14.5 Å². The van der Waals surface area contributed by atoms with Crippen molar-refractivity contribution in [2.75, 3.05) is 16.8 Å². The molecular formula is C25H20N2O3S2. The lowest BCUT2D eigenvalue weighted by molar-refractivity contribution is -0.118. The van der Waals surface area contributed by atoms with Crippen molar-refractivity contribution in [3.63, 3.8) is 0 Å². The van der Waals surface area contributed by atoms with E-state index in [1.165, 1.54) is 16.7 Å². The number of thiocarbonyl (C=S) groups is 1. The largest absolute Gasteiger partial charge is 0.483 e. The quantitative estimate of drug-likeness (QED) is 0.393. The van der Waals surface area contributed by atoms with E-state index in [1.807, 2.05) is 79.7 Å². The van der Waals surface area contributed by atoms with Gasteiger partial charge in [-0.05, 0) is 48.9 Å². The van der Waals surface area contributed by atoms with E-state index < -0.39 is 0 Å². The average Bonchev–Trinajstić information content (AvgIpc) is 3.06. The molecule has 5 nitrogen and oxygen atoms in total. The molecule has 0 aromatic heterocycles. The van der Waals surface area contributed by atoms with E-state index in [9.17, 15) is 9.59 Å². The molecule has 0 atom stereocenters. The molecule has 2 amide bonds. The Balaban J connectivity index is 1.49. The van der Waals surface area contributed by atoms with Gasteiger partial charge in [0.15, 0.2) is 10.9 Å². The minimum atomic E-state index is -0.267. The van der Waals surface area contributed by atoms with E-state index in [0.717, 1.165) is 11.3 Å². The predicted octanol–water partition coefficient (Wildman–Crippen LogP) is 5.42. The van der Waals surface area contributed by atoms with Crippen molar-refractivity contribution in [2.45, 2.75) is 6.92 Å². The molecule has 1 fully saturated rings. The molecule has 0 unspecified atom stereocenters. The number of benzene rings is 3. The van der Waals surface area contributed by atoms with Gasteiger partial charge in [0, 0.05) is 11.3 Å². The Labute approximate surface area is 196 Å². The Morgan fingerprint density at radius 1 is 1.06 bits per heavy atom. The summed E-state index contributed by atoms with van der Waals surface area (Å²) in [7, 11) is 0. The van der Waals surface area contributed by atoms with E-state index in [0.29, 0.717) is 26.2 Å². The molecule has 0 aliphatic carbocycles. The number of nitrogens with one attached hydrogen (secondary N) is 1. The van der Waals surface area contributed by atoms with Crippen molar-refractivity contribution in [1.29, 1.82) is 0 Å². The fourth-order valence-electron chi connectivity index (χ4n) is 3.19. The summed E-state index contributed by atoms with van der Waals surface area (Å²) in [4.78, 5) is 27.3. The molecule has 0 saturated carbocycles. The smallest absolute Gasteiger partial charge is 0.270 e. The van der Waals surface area contributed by atoms with Gasteiger partial charge in [0.05, 0.1) is 10.6 Å². The van der Waals surface area contributed by atoms with Gasteiger partial charge in [0.2, 0.25) is 0 Å². The molecule has 0 radical (unpaired) electrons. The number of anilines is 2. The van der Waals surface area contributed by atoms with E-state index in [2.05, 4.69) is 5.32 Å². The van der Waals surface area contributed by atoms with Crippen molar-refractivity contribution in [3.8, 4) is 5.75 Å². The van der Waals surface area contributed by atoms with E-state index >= 15 is 0 Å². The zero-order valence-corrected chi connectivity index (χ0v) is 18.9. The molecule has 0 spiro atoms. The van der Waals surface area contributed by atoms with Gasteiger partial charge in [-0.2, -0.15) is 0 Å². The first-order chi connectivity index (χ1) is 15.5. The molecule has 4 rings (SSSR count). The van der Waals surface area contributed by atoms with E-state index in [1.54, 1.807) is 12.1 Å². The second-order valence-electron chi connectivity index (χ2n) is 7.10. The molecule has 1 N–H and O–H groups in total. The van der Waals surface area contributed by atoms with Crippen LogP contribution in [0.4, 0.5) is 11.4 Å². The molecule has 1 heterocycles. The Bertz CT molecular complexity index is 1210. The highest BCUT2D eigenvalue weighted by Crippen LogP contribution is 2.37. The maximum absolute atomic E-state index is 13.1. The minimum Gasteiger partial charge on any atom is -0.483 e. The lowest BCUT2D eigenvalue weighted by Gasteiger charge is -2.15. The summed E-state index contributed by atoms with van der Waals surface area (Å²) in [5.41, 5.74) is 3.20. The normalized spacial score (nSPS) is 14.7. The number of para-hydroxylation sites is 2. The van der Waals surface area contributed by atoms with Crippen LogP contribution in [0.5, 0.6) is 5.75 Å². The zero-order valence-electron chi connectivity index (χ0n) is 17.3. The summed E-state index contributed by atoms with van der Waals surface area (Å²) in [6.07, 6.45) is 1.75. The Hall–Kier alpha value is -3.42. The minimum absolute atomic E-state index is 0.149. The average molecular weight is 461 g/mol. The first kappa shape index (κ1) is 21.8. The lowest BCUT2D eigenvalue weighted by atomic mass is 10.1. The van der Waals surface area contributed by atoms with Crippen LogP contribution >= 0.6 is 24.0 Å². The zero-order chi connectivity index (χ0) is 22.5. The summed E-state index contributed by atoms with van der Waals surface area (Å²) in [5, 5.41) is 2.78. The van der Waals surface area contributed by atoms with E-state index in [-0.39, 0.29) is 18.4 Å². The number of ether oxygens (including phenoxy) is 1. The van der Waals surface area contributed by atoms with Gasteiger partial charge in [-0.25, -0.2) is 0 Å². The van der Waals surface area contributed by atoms with Crippen LogP contribution in [0, 0.1) is 6.92 Å².